The molecule has 1 aromatic carbocycles. The highest BCUT2D eigenvalue weighted by atomic mass is 35.5. The van der Waals surface area contributed by atoms with Gasteiger partial charge in [0.2, 0.25) is 5.91 Å². The number of hydrogen-bond donors (Lipinski definition) is 2. The van der Waals surface area contributed by atoms with E-state index in [-0.39, 0.29) is 23.2 Å². The number of carbonyl (C=O) groups is 2. The lowest BCUT2D eigenvalue weighted by Crippen LogP contribution is -2.47. The van der Waals surface area contributed by atoms with Crippen LogP contribution in [0.3, 0.4) is 0 Å². The molecule has 0 aromatic heterocycles. The van der Waals surface area contributed by atoms with E-state index in [9.17, 15) is 9.59 Å². The van der Waals surface area contributed by atoms with Gasteiger partial charge in [-0.3, -0.25) is 10.1 Å². The molecule has 1 saturated carbocycles. The first kappa shape index (κ1) is 17.2. The summed E-state index contributed by atoms with van der Waals surface area (Å²) in [6, 6.07) is 7.09. The molecule has 1 aliphatic carbocycles. The summed E-state index contributed by atoms with van der Waals surface area (Å²) in [4.78, 5) is 24.8. The minimum Gasteiger partial charge on any atom is -0.335 e. The van der Waals surface area contributed by atoms with Crippen molar-refractivity contribution in [3.8, 4) is 0 Å². The van der Waals surface area contributed by atoms with Crippen molar-refractivity contribution >= 4 is 35.3 Å². The highest BCUT2D eigenvalue weighted by Gasteiger charge is 2.20. The number of nitrogens with one attached hydrogen (secondary N) is 2. The lowest BCUT2D eigenvalue weighted by atomic mass is 9.96. The zero-order chi connectivity index (χ0) is 15.9. The number of urea groups is 1. The van der Waals surface area contributed by atoms with Crippen molar-refractivity contribution in [2.45, 2.75) is 55.2 Å². The van der Waals surface area contributed by atoms with E-state index in [1.165, 1.54) is 18.2 Å². The van der Waals surface area contributed by atoms with Crippen molar-refractivity contribution in [1.29, 1.82) is 0 Å². The van der Waals surface area contributed by atoms with Crippen LogP contribution in [0.15, 0.2) is 29.2 Å². The van der Waals surface area contributed by atoms with E-state index in [0.29, 0.717) is 5.02 Å². The fraction of sp³-hybridized carbons (Fsp3) is 0.500. The Balaban J connectivity index is 1.77. The number of carbonyl (C=O) groups excluding carboxylic acids is 2. The fourth-order valence-electron chi connectivity index (χ4n) is 2.45. The van der Waals surface area contributed by atoms with Gasteiger partial charge >= 0.3 is 6.03 Å². The number of hydrogen-bond acceptors (Lipinski definition) is 3. The number of rotatable bonds is 4. The Hall–Kier alpha value is -1.20. The van der Waals surface area contributed by atoms with Crippen LogP contribution in [0.2, 0.25) is 5.02 Å². The number of thioether (sulfide) groups is 1. The van der Waals surface area contributed by atoms with Crippen molar-refractivity contribution < 1.29 is 9.59 Å². The number of halogens is 1. The maximum Gasteiger partial charge on any atom is 0.321 e. The van der Waals surface area contributed by atoms with Gasteiger partial charge in [0.05, 0.1) is 5.25 Å². The standard InChI is InChI=1S/C16H21ClN2O2S/c1-11(22-14-9-7-12(17)8-10-14)15(20)19-16(21)18-13-5-3-2-4-6-13/h7-11,13H,2-6H2,1H3,(H2,18,19,20,21)/t11-/m1/s1. The molecule has 0 bridgehead atoms. The molecular formula is C16H21ClN2O2S. The first-order valence-electron chi connectivity index (χ1n) is 7.58. The predicted molar refractivity (Wildman–Crippen MR) is 90.3 cm³/mol. The van der Waals surface area contributed by atoms with Gasteiger partial charge in [-0.2, -0.15) is 0 Å². The van der Waals surface area contributed by atoms with Crippen LogP contribution in [0.4, 0.5) is 4.79 Å². The molecule has 0 radical (unpaired) electrons. The number of amides is 3. The van der Waals surface area contributed by atoms with E-state index in [4.69, 9.17) is 11.6 Å². The lowest BCUT2D eigenvalue weighted by Gasteiger charge is -2.23. The third kappa shape index (κ3) is 5.54. The third-order valence-corrected chi connectivity index (χ3v) is 5.04. The molecule has 0 heterocycles. The van der Waals surface area contributed by atoms with Gasteiger partial charge in [-0.1, -0.05) is 30.9 Å². The maximum absolute atomic E-state index is 12.0. The lowest BCUT2D eigenvalue weighted by molar-refractivity contribution is -0.119. The van der Waals surface area contributed by atoms with E-state index < -0.39 is 0 Å². The molecule has 120 valence electrons. The van der Waals surface area contributed by atoms with Crippen molar-refractivity contribution in [1.82, 2.24) is 10.6 Å². The Kier molecular flexibility index (Phi) is 6.58. The van der Waals surface area contributed by atoms with Gasteiger partial charge in [0.25, 0.3) is 0 Å². The highest BCUT2D eigenvalue weighted by Crippen LogP contribution is 2.24. The smallest absolute Gasteiger partial charge is 0.321 e. The summed E-state index contributed by atoms with van der Waals surface area (Å²) >= 11 is 7.23. The van der Waals surface area contributed by atoms with Gasteiger partial charge in [0.15, 0.2) is 0 Å². The molecule has 2 N–H and O–H groups in total. The van der Waals surface area contributed by atoms with Crippen LogP contribution in [-0.2, 0) is 4.79 Å². The monoisotopic (exact) mass is 340 g/mol. The molecular weight excluding hydrogens is 320 g/mol. The summed E-state index contributed by atoms with van der Waals surface area (Å²) in [7, 11) is 0. The van der Waals surface area contributed by atoms with Crippen LogP contribution < -0.4 is 10.6 Å². The molecule has 0 aliphatic heterocycles. The summed E-state index contributed by atoms with van der Waals surface area (Å²) in [5.74, 6) is -0.284. The van der Waals surface area contributed by atoms with Gasteiger partial charge in [-0.15, -0.1) is 11.8 Å². The average Bonchev–Trinajstić information content (AvgIpc) is 2.50. The second-order valence-corrected chi connectivity index (χ2v) is 7.36. The summed E-state index contributed by atoms with van der Waals surface area (Å²) in [6.07, 6.45) is 5.50. The van der Waals surface area contributed by atoms with Crippen molar-refractivity contribution in [2.24, 2.45) is 0 Å². The quantitative estimate of drug-likeness (QED) is 0.815. The summed E-state index contributed by atoms with van der Waals surface area (Å²) in [5, 5.41) is 5.61. The first-order chi connectivity index (χ1) is 10.5. The van der Waals surface area contributed by atoms with Gasteiger partial charge in [0.1, 0.15) is 0 Å². The Morgan fingerprint density at radius 1 is 1.18 bits per heavy atom. The summed E-state index contributed by atoms with van der Waals surface area (Å²) in [5.41, 5.74) is 0. The molecule has 1 aliphatic rings. The average molecular weight is 341 g/mol. The summed E-state index contributed by atoms with van der Waals surface area (Å²) < 4.78 is 0. The van der Waals surface area contributed by atoms with Crippen LogP contribution in [0.1, 0.15) is 39.0 Å². The van der Waals surface area contributed by atoms with E-state index in [2.05, 4.69) is 10.6 Å². The van der Waals surface area contributed by atoms with Crippen LogP contribution in [0, 0.1) is 0 Å². The molecule has 4 nitrogen and oxygen atoms in total. The van der Waals surface area contributed by atoms with Crippen LogP contribution in [0.5, 0.6) is 0 Å². The Morgan fingerprint density at radius 2 is 1.82 bits per heavy atom. The molecule has 0 spiro atoms. The molecule has 6 heteroatoms. The maximum atomic E-state index is 12.0. The van der Waals surface area contributed by atoms with Gasteiger partial charge in [-0.25, -0.2) is 4.79 Å². The SMILES string of the molecule is C[C@@H](Sc1ccc(Cl)cc1)C(=O)NC(=O)NC1CCCCC1. The largest absolute Gasteiger partial charge is 0.335 e. The molecule has 1 fully saturated rings. The number of imide groups is 1. The zero-order valence-corrected chi connectivity index (χ0v) is 14.2. The highest BCUT2D eigenvalue weighted by molar-refractivity contribution is 8.00. The molecule has 1 aromatic rings. The fourth-order valence-corrected chi connectivity index (χ4v) is 3.45. The molecule has 3 amide bonds. The second-order valence-electron chi connectivity index (χ2n) is 5.51. The Morgan fingerprint density at radius 3 is 2.45 bits per heavy atom. The zero-order valence-electron chi connectivity index (χ0n) is 12.6. The van der Waals surface area contributed by atoms with Gasteiger partial charge in [-0.05, 0) is 44.0 Å². The number of benzene rings is 1. The third-order valence-electron chi connectivity index (χ3n) is 3.67. The van der Waals surface area contributed by atoms with Crippen LogP contribution >= 0.6 is 23.4 Å². The molecule has 0 unspecified atom stereocenters. The Bertz CT molecular complexity index is 515. The van der Waals surface area contributed by atoms with Crippen LogP contribution in [0.25, 0.3) is 0 Å². The first-order valence-corrected chi connectivity index (χ1v) is 8.84. The molecule has 0 saturated heterocycles. The van der Waals surface area contributed by atoms with Crippen molar-refractivity contribution in [2.75, 3.05) is 0 Å². The van der Waals surface area contributed by atoms with E-state index in [0.717, 1.165) is 30.6 Å². The minimum atomic E-state index is -0.388. The van der Waals surface area contributed by atoms with E-state index in [1.54, 1.807) is 19.1 Å². The summed E-state index contributed by atoms with van der Waals surface area (Å²) in [6.45, 7) is 1.78. The van der Waals surface area contributed by atoms with E-state index in [1.807, 2.05) is 12.1 Å². The second kappa shape index (κ2) is 8.44. The normalized spacial score (nSPS) is 16.8. The van der Waals surface area contributed by atoms with Crippen molar-refractivity contribution in [3.05, 3.63) is 29.3 Å². The van der Waals surface area contributed by atoms with Gasteiger partial charge in [0, 0.05) is 16.0 Å². The van der Waals surface area contributed by atoms with Crippen molar-refractivity contribution in [3.63, 3.8) is 0 Å². The molecule has 1 atom stereocenters. The Labute approximate surface area is 140 Å². The van der Waals surface area contributed by atoms with Crippen LogP contribution in [-0.4, -0.2) is 23.2 Å². The minimum absolute atomic E-state index is 0.195. The topological polar surface area (TPSA) is 58.2 Å². The molecule has 2 rings (SSSR count). The molecule has 22 heavy (non-hydrogen) atoms. The predicted octanol–water partition coefficient (Wildman–Crippen LogP) is 3.98. The van der Waals surface area contributed by atoms with Gasteiger partial charge < -0.3 is 5.32 Å². The van der Waals surface area contributed by atoms with E-state index >= 15 is 0 Å².